The van der Waals surface area contributed by atoms with Crippen molar-refractivity contribution in [2.45, 2.75) is 70.4 Å². The third-order valence-electron chi connectivity index (χ3n) is 8.98. The van der Waals surface area contributed by atoms with Crippen LogP contribution < -0.4 is 0 Å². The predicted molar refractivity (Wildman–Crippen MR) is 166 cm³/mol. The summed E-state index contributed by atoms with van der Waals surface area (Å²) in [6.45, 7) is 2.65. The van der Waals surface area contributed by atoms with Gasteiger partial charge >= 0.3 is 0 Å². The Morgan fingerprint density at radius 2 is 1.71 bits per heavy atom. The van der Waals surface area contributed by atoms with Crippen molar-refractivity contribution in [2.75, 3.05) is 6.54 Å². The number of carbonyl (C=O) groups is 2. The van der Waals surface area contributed by atoms with Gasteiger partial charge in [0.05, 0.1) is 12.1 Å². The monoisotopic (exact) mass is 581 g/mol. The number of benzene rings is 2. The standard InChI is InChI=1S/C35H39N3O3S/c1-24-23-42-34(36-24)31-14-9-17-38(31)35(41)29-19-27(20-30(21-29)37-15-7-8-16-37)32(39)22-28(18-25-10-3-2-4-11-25)33(40)26-12-5-6-13-26/h2-4,7-8,10-11,15-16,19-21,23,26,28,31,33,40H,5-6,9,12-14,17-18,22H2,1H3/t28-,31-,33-/m1/s1. The molecule has 0 unspecified atom stereocenters. The molecule has 2 aliphatic rings. The lowest BCUT2D eigenvalue weighted by Gasteiger charge is -2.27. The summed E-state index contributed by atoms with van der Waals surface area (Å²) >= 11 is 1.61. The molecule has 1 N–H and O–H groups in total. The molecule has 6 rings (SSSR count). The van der Waals surface area contributed by atoms with Crippen LogP contribution in [0.1, 0.15) is 88.0 Å². The van der Waals surface area contributed by atoms with Crippen molar-refractivity contribution in [3.63, 3.8) is 0 Å². The predicted octanol–water partition coefficient (Wildman–Crippen LogP) is 7.20. The summed E-state index contributed by atoms with van der Waals surface area (Å²) in [4.78, 5) is 34.6. The van der Waals surface area contributed by atoms with Gasteiger partial charge in [-0.3, -0.25) is 9.59 Å². The Bertz CT molecular complexity index is 1510. The first-order valence-corrected chi connectivity index (χ1v) is 16.1. The van der Waals surface area contributed by atoms with E-state index in [0.29, 0.717) is 24.1 Å². The highest BCUT2D eigenvalue weighted by Gasteiger charge is 2.34. The number of hydrogen-bond acceptors (Lipinski definition) is 5. The van der Waals surface area contributed by atoms with E-state index in [1.807, 2.05) is 76.6 Å². The lowest BCUT2D eigenvalue weighted by molar-refractivity contribution is 0.0456. The molecule has 7 heteroatoms. The molecule has 3 atom stereocenters. The molecule has 0 radical (unpaired) electrons. The van der Waals surface area contributed by atoms with Crippen molar-refractivity contribution in [1.82, 2.24) is 14.5 Å². The minimum absolute atomic E-state index is 0.0374. The van der Waals surface area contributed by atoms with Gasteiger partial charge in [0.2, 0.25) is 0 Å². The minimum atomic E-state index is -0.530. The van der Waals surface area contributed by atoms with E-state index in [-0.39, 0.29) is 36.0 Å². The number of likely N-dealkylation sites (tertiary alicyclic amines) is 1. The van der Waals surface area contributed by atoms with Crippen LogP contribution >= 0.6 is 11.3 Å². The van der Waals surface area contributed by atoms with Crippen LogP contribution in [0.2, 0.25) is 0 Å². The van der Waals surface area contributed by atoms with E-state index in [4.69, 9.17) is 0 Å². The summed E-state index contributed by atoms with van der Waals surface area (Å²) < 4.78 is 1.94. The summed E-state index contributed by atoms with van der Waals surface area (Å²) in [5.74, 6) is -0.0604. The molecule has 218 valence electrons. The molecule has 2 aromatic carbocycles. The Balaban J connectivity index is 1.30. The number of Topliss-reactive ketones (excluding diaryl/α,β-unsaturated/α-hetero) is 1. The van der Waals surface area contributed by atoms with Crippen molar-refractivity contribution in [3.05, 3.63) is 106 Å². The van der Waals surface area contributed by atoms with Gasteiger partial charge in [-0.2, -0.15) is 0 Å². The fourth-order valence-electron chi connectivity index (χ4n) is 6.78. The van der Waals surface area contributed by atoms with Gasteiger partial charge in [-0.25, -0.2) is 4.98 Å². The molecule has 4 aromatic rings. The Morgan fingerprint density at radius 1 is 0.976 bits per heavy atom. The second-order valence-electron chi connectivity index (χ2n) is 12.0. The maximum absolute atomic E-state index is 14.0. The number of hydrogen-bond donors (Lipinski definition) is 1. The van der Waals surface area contributed by atoms with E-state index in [1.165, 1.54) is 0 Å². The van der Waals surface area contributed by atoms with Crippen molar-refractivity contribution in [3.8, 4) is 5.69 Å². The highest BCUT2D eigenvalue weighted by molar-refractivity contribution is 7.09. The van der Waals surface area contributed by atoms with E-state index in [9.17, 15) is 14.7 Å². The summed E-state index contributed by atoms with van der Waals surface area (Å²) in [7, 11) is 0. The normalized spacial score (nSPS) is 18.8. The van der Waals surface area contributed by atoms with Crippen molar-refractivity contribution in [2.24, 2.45) is 11.8 Å². The molecule has 2 aromatic heterocycles. The molecule has 6 nitrogen and oxygen atoms in total. The van der Waals surface area contributed by atoms with E-state index in [1.54, 1.807) is 17.4 Å². The molecular weight excluding hydrogens is 542 g/mol. The molecule has 2 fully saturated rings. The topological polar surface area (TPSA) is 75.4 Å². The summed E-state index contributed by atoms with van der Waals surface area (Å²) in [6.07, 6.45) is 10.3. The third-order valence-corrected chi connectivity index (χ3v) is 10.0. The molecule has 3 heterocycles. The van der Waals surface area contributed by atoms with Gasteiger partial charge in [-0.1, -0.05) is 43.2 Å². The summed E-state index contributed by atoms with van der Waals surface area (Å²) in [6, 6.07) is 19.5. The van der Waals surface area contributed by atoms with Crippen molar-refractivity contribution in [1.29, 1.82) is 0 Å². The van der Waals surface area contributed by atoms with E-state index in [2.05, 4.69) is 17.1 Å². The van der Waals surface area contributed by atoms with Crippen LogP contribution in [0, 0.1) is 18.8 Å². The van der Waals surface area contributed by atoms with Gasteiger partial charge in [-0.15, -0.1) is 11.3 Å². The molecule has 0 spiro atoms. The molecule has 1 aliphatic heterocycles. The SMILES string of the molecule is Cc1csc([C@H]2CCCN2C(=O)c2cc(C(=O)C[C@@H](Cc3ccccc3)[C@H](O)C3CCCC3)cc(-n3cccc3)c2)n1. The third kappa shape index (κ3) is 6.27. The molecule has 42 heavy (non-hydrogen) atoms. The maximum Gasteiger partial charge on any atom is 0.254 e. The van der Waals surface area contributed by atoms with Crippen LogP contribution in [0.4, 0.5) is 0 Å². The second-order valence-corrected chi connectivity index (χ2v) is 12.8. The first-order valence-electron chi connectivity index (χ1n) is 15.2. The summed E-state index contributed by atoms with van der Waals surface area (Å²) in [5, 5.41) is 14.5. The first kappa shape index (κ1) is 28.6. The van der Waals surface area contributed by atoms with Gasteiger partial charge in [0.25, 0.3) is 5.91 Å². The second kappa shape index (κ2) is 12.8. The molecule has 1 saturated carbocycles. The average molecular weight is 582 g/mol. The van der Waals surface area contributed by atoms with Gasteiger partial charge in [0.15, 0.2) is 5.78 Å². The number of aryl methyl sites for hydroxylation is 1. The van der Waals surface area contributed by atoms with E-state index < -0.39 is 6.10 Å². The zero-order valence-electron chi connectivity index (χ0n) is 24.2. The largest absolute Gasteiger partial charge is 0.393 e. The molecular formula is C35H39N3O3S. The van der Waals surface area contributed by atoms with Gasteiger partial charge < -0.3 is 14.6 Å². The zero-order chi connectivity index (χ0) is 29.1. The lowest BCUT2D eigenvalue weighted by Crippen LogP contribution is -2.32. The smallest absolute Gasteiger partial charge is 0.254 e. The number of amides is 1. The van der Waals surface area contributed by atoms with Gasteiger partial charge in [0.1, 0.15) is 5.01 Å². The number of rotatable bonds is 10. The molecule has 1 aliphatic carbocycles. The number of carbonyl (C=O) groups excluding carboxylic acids is 2. The Hall–Kier alpha value is -3.55. The minimum Gasteiger partial charge on any atom is -0.393 e. The number of ketones is 1. The fraction of sp³-hybridized carbons (Fsp3) is 0.400. The number of thiazole rings is 1. The molecule has 1 amide bonds. The first-order chi connectivity index (χ1) is 20.5. The van der Waals surface area contributed by atoms with Crippen LogP contribution in [-0.4, -0.2) is 43.9 Å². The van der Waals surface area contributed by atoms with Gasteiger partial charge in [0, 0.05) is 53.2 Å². The zero-order valence-corrected chi connectivity index (χ0v) is 25.0. The van der Waals surface area contributed by atoms with Crippen molar-refractivity contribution < 1.29 is 14.7 Å². The number of aliphatic hydroxyl groups excluding tert-OH is 1. The van der Waals surface area contributed by atoms with Crippen LogP contribution in [0.5, 0.6) is 0 Å². The maximum atomic E-state index is 14.0. The number of aromatic nitrogens is 2. The highest BCUT2D eigenvalue weighted by Crippen LogP contribution is 2.36. The summed E-state index contributed by atoms with van der Waals surface area (Å²) in [5.41, 5.74) is 3.91. The van der Waals surface area contributed by atoms with E-state index in [0.717, 1.165) is 60.5 Å². The molecule has 0 bridgehead atoms. The lowest BCUT2D eigenvalue weighted by atomic mass is 9.81. The Morgan fingerprint density at radius 3 is 2.43 bits per heavy atom. The Labute approximate surface area is 252 Å². The van der Waals surface area contributed by atoms with Crippen LogP contribution in [0.3, 0.4) is 0 Å². The number of nitrogens with zero attached hydrogens (tertiary/aromatic N) is 3. The Kier molecular flexibility index (Phi) is 8.68. The van der Waals surface area contributed by atoms with Crippen molar-refractivity contribution >= 4 is 23.0 Å². The molecule has 1 saturated heterocycles. The van der Waals surface area contributed by atoms with Gasteiger partial charge in [-0.05, 0) is 86.8 Å². The average Bonchev–Trinajstić information content (AvgIpc) is 3.84. The fourth-order valence-corrected chi connectivity index (χ4v) is 7.72. The van der Waals surface area contributed by atoms with Crippen LogP contribution in [0.15, 0.2) is 78.4 Å². The highest BCUT2D eigenvalue weighted by atomic mass is 32.1. The quantitative estimate of drug-likeness (QED) is 0.201. The van der Waals surface area contributed by atoms with E-state index >= 15 is 0 Å². The van der Waals surface area contributed by atoms with Crippen LogP contribution in [-0.2, 0) is 6.42 Å². The number of aliphatic hydroxyl groups is 1. The van der Waals surface area contributed by atoms with Crippen LogP contribution in [0.25, 0.3) is 5.69 Å².